The molecule has 0 aromatic heterocycles. The molecule has 62 valence electrons. The lowest BCUT2D eigenvalue weighted by atomic mass is 10.6. The fraction of sp³-hybridized carbons (Fsp3) is 0.600. The van der Waals surface area contributed by atoms with Crippen molar-refractivity contribution in [3.05, 3.63) is 0 Å². The lowest BCUT2D eigenvalue weighted by Gasteiger charge is -1.98. The van der Waals surface area contributed by atoms with E-state index in [4.69, 9.17) is 10.2 Å². The van der Waals surface area contributed by atoms with Crippen molar-refractivity contribution in [2.45, 2.75) is 18.5 Å². The summed E-state index contributed by atoms with van der Waals surface area (Å²) in [5.41, 5.74) is 0. The monoisotopic (exact) mass is 160 g/mol. The van der Waals surface area contributed by atoms with Gasteiger partial charge in [-0.05, 0) is 6.42 Å². The van der Waals surface area contributed by atoms with E-state index < -0.39 is 12.2 Å². The summed E-state index contributed by atoms with van der Waals surface area (Å²) < 4.78 is 0. The van der Waals surface area contributed by atoms with Crippen molar-refractivity contribution in [1.29, 1.82) is 0 Å². The van der Waals surface area contributed by atoms with E-state index >= 15 is 0 Å². The predicted octanol–water partition coefficient (Wildman–Crippen LogP) is -0.338. The predicted molar refractivity (Wildman–Crippen MR) is 34.5 cm³/mol. The van der Waals surface area contributed by atoms with Crippen LogP contribution in [-0.2, 0) is 0 Å². The molecule has 2 amide bonds. The molecule has 1 fully saturated rings. The molecule has 0 aliphatic heterocycles. The molecule has 2 atom stereocenters. The largest absolute Gasteiger partial charge is 0.465 e. The second kappa shape index (κ2) is 2.65. The van der Waals surface area contributed by atoms with Gasteiger partial charge < -0.3 is 20.8 Å². The van der Waals surface area contributed by atoms with Gasteiger partial charge in [0.15, 0.2) is 0 Å². The quantitative estimate of drug-likeness (QED) is 0.444. The maximum Gasteiger partial charge on any atom is 0.404 e. The lowest BCUT2D eigenvalue weighted by molar-refractivity contribution is 0.188. The van der Waals surface area contributed by atoms with Crippen LogP contribution in [0.4, 0.5) is 9.59 Å². The Kier molecular flexibility index (Phi) is 1.84. The Morgan fingerprint density at radius 2 is 1.45 bits per heavy atom. The fourth-order valence-corrected chi connectivity index (χ4v) is 0.831. The van der Waals surface area contributed by atoms with Crippen molar-refractivity contribution in [2.24, 2.45) is 0 Å². The summed E-state index contributed by atoms with van der Waals surface area (Å²) in [6, 6.07) is -0.493. The SMILES string of the molecule is O=C(O)N[C@H]1C[C@H]1NC(=O)O. The van der Waals surface area contributed by atoms with Crippen molar-refractivity contribution >= 4 is 12.2 Å². The average molecular weight is 160 g/mol. The molecular formula is C5H8N2O4. The van der Waals surface area contributed by atoms with E-state index in [1.165, 1.54) is 0 Å². The van der Waals surface area contributed by atoms with E-state index in [1.54, 1.807) is 0 Å². The van der Waals surface area contributed by atoms with Gasteiger partial charge in [0.25, 0.3) is 0 Å². The minimum absolute atomic E-state index is 0.247. The molecule has 4 N–H and O–H groups in total. The second-order valence-corrected chi connectivity index (χ2v) is 2.35. The van der Waals surface area contributed by atoms with Crippen LogP contribution in [0.1, 0.15) is 6.42 Å². The molecule has 0 radical (unpaired) electrons. The van der Waals surface area contributed by atoms with Crippen LogP contribution in [0, 0.1) is 0 Å². The molecule has 0 spiro atoms. The number of nitrogens with one attached hydrogen (secondary N) is 2. The molecule has 1 saturated carbocycles. The number of hydrogen-bond acceptors (Lipinski definition) is 2. The van der Waals surface area contributed by atoms with Crippen LogP contribution in [0.3, 0.4) is 0 Å². The maximum atomic E-state index is 9.99. The van der Waals surface area contributed by atoms with E-state index in [0.29, 0.717) is 6.42 Å². The zero-order chi connectivity index (χ0) is 8.43. The Morgan fingerprint density at radius 3 is 1.73 bits per heavy atom. The highest BCUT2D eigenvalue weighted by Crippen LogP contribution is 2.20. The normalized spacial score (nSPS) is 27.3. The van der Waals surface area contributed by atoms with Gasteiger partial charge in [-0.3, -0.25) is 0 Å². The summed E-state index contributed by atoms with van der Waals surface area (Å²) in [4.78, 5) is 20.0. The van der Waals surface area contributed by atoms with Crippen molar-refractivity contribution in [1.82, 2.24) is 10.6 Å². The van der Waals surface area contributed by atoms with Crippen LogP contribution in [-0.4, -0.2) is 34.5 Å². The highest BCUT2D eigenvalue weighted by Gasteiger charge is 2.39. The summed E-state index contributed by atoms with van der Waals surface area (Å²) in [6.07, 6.45) is -1.70. The zero-order valence-corrected chi connectivity index (χ0v) is 5.57. The summed E-state index contributed by atoms with van der Waals surface area (Å²) in [5.74, 6) is 0. The van der Waals surface area contributed by atoms with Gasteiger partial charge in [-0.2, -0.15) is 0 Å². The van der Waals surface area contributed by atoms with Crippen molar-refractivity contribution in [2.75, 3.05) is 0 Å². The molecule has 0 saturated heterocycles. The minimum atomic E-state index is -1.12. The smallest absolute Gasteiger partial charge is 0.404 e. The van der Waals surface area contributed by atoms with Gasteiger partial charge in [-0.15, -0.1) is 0 Å². The first-order chi connectivity index (χ1) is 5.09. The first-order valence-corrected chi connectivity index (χ1v) is 3.08. The van der Waals surface area contributed by atoms with Crippen molar-refractivity contribution in [3.8, 4) is 0 Å². The first kappa shape index (κ1) is 7.64. The lowest BCUT2D eigenvalue weighted by Crippen LogP contribution is -2.33. The Balaban J connectivity index is 2.16. The maximum absolute atomic E-state index is 9.99. The molecule has 1 rings (SSSR count). The van der Waals surface area contributed by atoms with Gasteiger partial charge in [0.1, 0.15) is 0 Å². The van der Waals surface area contributed by atoms with E-state index in [2.05, 4.69) is 10.6 Å². The molecule has 11 heavy (non-hydrogen) atoms. The molecule has 0 heterocycles. The molecule has 6 nitrogen and oxygen atoms in total. The van der Waals surface area contributed by atoms with E-state index in [0.717, 1.165) is 0 Å². The number of rotatable bonds is 2. The summed E-state index contributed by atoms with van der Waals surface area (Å²) in [7, 11) is 0. The molecule has 0 aromatic carbocycles. The Bertz CT molecular complexity index is 173. The van der Waals surface area contributed by atoms with E-state index in [-0.39, 0.29) is 12.1 Å². The van der Waals surface area contributed by atoms with Crippen LogP contribution in [0.5, 0.6) is 0 Å². The van der Waals surface area contributed by atoms with Crippen LogP contribution in [0.25, 0.3) is 0 Å². The topological polar surface area (TPSA) is 98.7 Å². The third kappa shape index (κ3) is 2.32. The van der Waals surface area contributed by atoms with Gasteiger partial charge in [-0.25, -0.2) is 9.59 Å². The standard InChI is InChI=1S/C5H8N2O4/c8-4(9)6-2-1-3(2)7-5(10)11/h2-3,6-7H,1H2,(H,8,9)(H,10,11)/t2-,3+. The molecule has 1 aliphatic rings. The third-order valence-corrected chi connectivity index (χ3v) is 1.41. The fourth-order valence-electron chi connectivity index (χ4n) is 0.831. The molecule has 6 heteroatoms. The average Bonchev–Trinajstić information content (AvgIpc) is 2.43. The number of carbonyl (C=O) groups is 2. The number of amides is 2. The first-order valence-electron chi connectivity index (χ1n) is 3.08. The Labute approximate surface area is 62.2 Å². The molecule has 1 aliphatic carbocycles. The van der Waals surface area contributed by atoms with Crippen LogP contribution in [0.15, 0.2) is 0 Å². The van der Waals surface area contributed by atoms with Gasteiger partial charge >= 0.3 is 12.2 Å². The van der Waals surface area contributed by atoms with Crippen LogP contribution >= 0.6 is 0 Å². The summed E-state index contributed by atoms with van der Waals surface area (Å²) in [5, 5.41) is 20.7. The van der Waals surface area contributed by atoms with Gasteiger partial charge in [0.2, 0.25) is 0 Å². The summed E-state index contributed by atoms with van der Waals surface area (Å²) in [6.45, 7) is 0. The highest BCUT2D eigenvalue weighted by atomic mass is 16.4. The third-order valence-electron chi connectivity index (χ3n) is 1.41. The van der Waals surface area contributed by atoms with Gasteiger partial charge in [-0.1, -0.05) is 0 Å². The molecule has 0 unspecified atom stereocenters. The zero-order valence-electron chi connectivity index (χ0n) is 5.57. The highest BCUT2D eigenvalue weighted by molar-refractivity contribution is 5.68. The Morgan fingerprint density at radius 1 is 1.09 bits per heavy atom. The second-order valence-electron chi connectivity index (χ2n) is 2.35. The number of hydrogen-bond donors (Lipinski definition) is 4. The van der Waals surface area contributed by atoms with Crippen molar-refractivity contribution < 1.29 is 19.8 Å². The summed E-state index contributed by atoms with van der Waals surface area (Å²) >= 11 is 0. The van der Waals surface area contributed by atoms with Crippen LogP contribution < -0.4 is 10.6 Å². The van der Waals surface area contributed by atoms with Gasteiger partial charge in [0.05, 0.1) is 12.1 Å². The van der Waals surface area contributed by atoms with Crippen LogP contribution in [0.2, 0.25) is 0 Å². The molecular weight excluding hydrogens is 152 g/mol. The molecule has 0 aromatic rings. The Hall–Kier alpha value is -1.46. The number of carboxylic acid groups (broad SMARTS) is 2. The van der Waals surface area contributed by atoms with E-state index in [9.17, 15) is 9.59 Å². The molecule has 0 bridgehead atoms. The minimum Gasteiger partial charge on any atom is -0.465 e. The van der Waals surface area contributed by atoms with Crippen molar-refractivity contribution in [3.63, 3.8) is 0 Å². The van der Waals surface area contributed by atoms with E-state index in [1.807, 2.05) is 0 Å². The van der Waals surface area contributed by atoms with Gasteiger partial charge in [0, 0.05) is 0 Å².